The van der Waals surface area contributed by atoms with E-state index in [0.29, 0.717) is 25.7 Å². The summed E-state index contributed by atoms with van der Waals surface area (Å²) in [4.78, 5) is 0. The van der Waals surface area contributed by atoms with Gasteiger partial charge in [0.25, 0.3) is 0 Å². The Bertz CT molecular complexity index is 350. The molecule has 2 N–H and O–H groups in total. The standard InChI is InChI=1S/C15H25NO2/c1-12(2)6-7-17-8-9-18-15-10-14(11-16)5-4-13(15)3/h4-5,10,12H,6-9,11,16H2,1-3H3. The Labute approximate surface area is 110 Å². The molecule has 0 saturated heterocycles. The van der Waals surface area contributed by atoms with Gasteiger partial charge in [0.1, 0.15) is 12.4 Å². The highest BCUT2D eigenvalue weighted by molar-refractivity contribution is 5.36. The van der Waals surface area contributed by atoms with Crippen LogP contribution < -0.4 is 10.5 Å². The smallest absolute Gasteiger partial charge is 0.122 e. The van der Waals surface area contributed by atoms with Crippen LogP contribution in [0.1, 0.15) is 31.4 Å². The van der Waals surface area contributed by atoms with Crippen LogP contribution in [-0.2, 0) is 11.3 Å². The maximum atomic E-state index is 5.71. The topological polar surface area (TPSA) is 44.5 Å². The van der Waals surface area contributed by atoms with Crippen molar-refractivity contribution < 1.29 is 9.47 Å². The Morgan fingerprint density at radius 1 is 1.17 bits per heavy atom. The Hall–Kier alpha value is -1.06. The van der Waals surface area contributed by atoms with E-state index in [-0.39, 0.29) is 0 Å². The quantitative estimate of drug-likeness (QED) is 0.722. The molecule has 0 amide bonds. The molecule has 0 aliphatic rings. The molecule has 0 aliphatic heterocycles. The number of hydrogen-bond donors (Lipinski definition) is 1. The van der Waals surface area contributed by atoms with Crippen molar-refractivity contribution in [2.75, 3.05) is 19.8 Å². The Balaban J connectivity index is 2.26. The number of aryl methyl sites for hydroxylation is 1. The van der Waals surface area contributed by atoms with Crippen molar-refractivity contribution in [1.82, 2.24) is 0 Å². The second-order valence-corrected chi connectivity index (χ2v) is 4.95. The third-order valence-electron chi connectivity index (χ3n) is 2.81. The normalized spacial score (nSPS) is 10.9. The highest BCUT2D eigenvalue weighted by Crippen LogP contribution is 2.19. The molecule has 18 heavy (non-hydrogen) atoms. The third-order valence-corrected chi connectivity index (χ3v) is 2.81. The summed E-state index contributed by atoms with van der Waals surface area (Å²) < 4.78 is 11.2. The van der Waals surface area contributed by atoms with Gasteiger partial charge in [0.15, 0.2) is 0 Å². The van der Waals surface area contributed by atoms with E-state index in [4.69, 9.17) is 15.2 Å². The Morgan fingerprint density at radius 3 is 2.61 bits per heavy atom. The third kappa shape index (κ3) is 5.52. The second kappa shape index (κ2) is 8.11. The van der Waals surface area contributed by atoms with Gasteiger partial charge in [0, 0.05) is 13.2 Å². The van der Waals surface area contributed by atoms with Crippen molar-refractivity contribution in [3.63, 3.8) is 0 Å². The zero-order valence-electron chi connectivity index (χ0n) is 11.7. The van der Waals surface area contributed by atoms with E-state index in [1.165, 1.54) is 0 Å². The summed E-state index contributed by atoms with van der Waals surface area (Å²) in [5.74, 6) is 1.60. The van der Waals surface area contributed by atoms with Crippen molar-refractivity contribution in [3.05, 3.63) is 29.3 Å². The van der Waals surface area contributed by atoms with Crippen LogP contribution in [0.4, 0.5) is 0 Å². The fraction of sp³-hybridized carbons (Fsp3) is 0.600. The summed E-state index contributed by atoms with van der Waals surface area (Å²) in [6.07, 6.45) is 1.10. The number of nitrogens with two attached hydrogens (primary N) is 1. The molecule has 0 atom stereocenters. The van der Waals surface area contributed by atoms with Gasteiger partial charge in [-0.15, -0.1) is 0 Å². The minimum Gasteiger partial charge on any atom is -0.491 e. The highest BCUT2D eigenvalue weighted by atomic mass is 16.5. The minimum atomic E-state index is 0.543. The molecule has 0 saturated carbocycles. The predicted octanol–water partition coefficient (Wildman–Crippen LogP) is 2.90. The van der Waals surface area contributed by atoms with Crippen LogP contribution in [-0.4, -0.2) is 19.8 Å². The van der Waals surface area contributed by atoms with Crippen molar-refractivity contribution in [2.45, 2.75) is 33.7 Å². The summed E-state index contributed by atoms with van der Waals surface area (Å²) in [6, 6.07) is 6.07. The van der Waals surface area contributed by atoms with Gasteiger partial charge in [-0.05, 0) is 36.5 Å². The van der Waals surface area contributed by atoms with Crippen molar-refractivity contribution >= 4 is 0 Å². The molecule has 0 aliphatic carbocycles. The molecule has 0 spiro atoms. The molecule has 0 fully saturated rings. The van der Waals surface area contributed by atoms with Gasteiger partial charge in [-0.2, -0.15) is 0 Å². The number of hydrogen-bond acceptors (Lipinski definition) is 3. The second-order valence-electron chi connectivity index (χ2n) is 4.95. The van der Waals surface area contributed by atoms with Gasteiger partial charge in [0.05, 0.1) is 6.61 Å². The monoisotopic (exact) mass is 251 g/mol. The zero-order chi connectivity index (χ0) is 13.4. The van der Waals surface area contributed by atoms with E-state index in [9.17, 15) is 0 Å². The first-order chi connectivity index (χ1) is 8.63. The first kappa shape index (κ1) is 15.0. The summed E-state index contributed by atoms with van der Waals surface area (Å²) in [5, 5.41) is 0. The van der Waals surface area contributed by atoms with Crippen molar-refractivity contribution in [3.8, 4) is 5.75 Å². The fourth-order valence-corrected chi connectivity index (χ4v) is 1.56. The van der Waals surface area contributed by atoms with Crippen LogP contribution in [0.25, 0.3) is 0 Å². The predicted molar refractivity (Wildman–Crippen MR) is 74.8 cm³/mol. The van der Waals surface area contributed by atoms with E-state index < -0.39 is 0 Å². The van der Waals surface area contributed by atoms with Gasteiger partial charge in [-0.1, -0.05) is 26.0 Å². The summed E-state index contributed by atoms with van der Waals surface area (Å²) >= 11 is 0. The summed E-state index contributed by atoms with van der Waals surface area (Å²) in [7, 11) is 0. The molecule has 0 radical (unpaired) electrons. The highest BCUT2D eigenvalue weighted by Gasteiger charge is 2.01. The molecular formula is C15H25NO2. The van der Waals surface area contributed by atoms with Gasteiger partial charge >= 0.3 is 0 Å². The average molecular weight is 251 g/mol. The lowest BCUT2D eigenvalue weighted by Gasteiger charge is -2.11. The van der Waals surface area contributed by atoms with Crippen LogP contribution in [0.5, 0.6) is 5.75 Å². The number of benzene rings is 1. The van der Waals surface area contributed by atoms with Gasteiger partial charge in [-0.25, -0.2) is 0 Å². The van der Waals surface area contributed by atoms with Crippen molar-refractivity contribution in [1.29, 1.82) is 0 Å². The minimum absolute atomic E-state index is 0.543. The molecule has 0 unspecified atom stereocenters. The maximum Gasteiger partial charge on any atom is 0.122 e. The van der Waals surface area contributed by atoms with Crippen LogP contribution in [0, 0.1) is 12.8 Å². The van der Waals surface area contributed by atoms with E-state index in [0.717, 1.165) is 29.9 Å². The summed E-state index contributed by atoms with van der Waals surface area (Å²) in [5.41, 5.74) is 7.84. The Kier molecular flexibility index (Phi) is 6.76. The molecular weight excluding hydrogens is 226 g/mol. The lowest BCUT2D eigenvalue weighted by atomic mass is 10.1. The average Bonchev–Trinajstić information content (AvgIpc) is 2.35. The molecule has 3 nitrogen and oxygen atoms in total. The van der Waals surface area contributed by atoms with Crippen LogP contribution in [0.2, 0.25) is 0 Å². The first-order valence-corrected chi connectivity index (χ1v) is 6.63. The lowest BCUT2D eigenvalue weighted by molar-refractivity contribution is 0.0923. The maximum absolute atomic E-state index is 5.71. The van der Waals surface area contributed by atoms with Gasteiger partial charge in [-0.3, -0.25) is 0 Å². The lowest BCUT2D eigenvalue weighted by Crippen LogP contribution is -2.09. The molecule has 1 aromatic rings. The number of rotatable bonds is 8. The van der Waals surface area contributed by atoms with Crippen molar-refractivity contribution in [2.24, 2.45) is 11.7 Å². The molecule has 1 aromatic carbocycles. The van der Waals surface area contributed by atoms with E-state index in [2.05, 4.69) is 13.8 Å². The fourth-order valence-electron chi connectivity index (χ4n) is 1.56. The number of ether oxygens (including phenoxy) is 2. The summed E-state index contributed by atoms with van der Waals surface area (Å²) in [6.45, 7) is 9.01. The molecule has 0 bridgehead atoms. The van der Waals surface area contributed by atoms with Crippen LogP contribution >= 0.6 is 0 Å². The molecule has 0 aromatic heterocycles. The molecule has 3 heteroatoms. The van der Waals surface area contributed by atoms with E-state index in [1.54, 1.807) is 0 Å². The van der Waals surface area contributed by atoms with E-state index >= 15 is 0 Å². The van der Waals surface area contributed by atoms with Gasteiger partial charge in [0.2, 0.25) is 0 Å². The Morgan fingerprint density at radius 2 is 1.94 bits per heavy atom. The SMILES string of the molecule is Cc1ccc(CN)cc1OCCOCCC(C)C. The molecule has 0 heterocycles. The molecule has 102 valence electrons. The van der Waals surface area contributed by atoms with Gasteiger partial charge < -0.3 is 15.2 Å². The molecule has 1 rings (SSSR count). The first-order valence-electron chi connectivity index (χ1n) is 6.63. The van der Waals surface area contributed by atoms with Crippen LogP contribution in [0.15, 0.2) is 18.2 Å². The van der Waals surface area contributed by atoms with E-state index in [1.807, 2.05) is 25.1 Å². The largest absolute Gasteiger partial charge is 0.491 e. The van der Waals surface area contributed by atoms with Crippen LogP contribution in [0.3, 0.4) is 0 Å². The zero-order valence-corrected chi connectivity index (χ0v) is 11.7.